The molecular weight excluding hydrogens is 341 g/mol. The van der Waals surface area contributed by atoms with Gasteiger partial charge in [-0.2, -0.15) is 5.26 Å². The summed E-state index contributed by atoms with van der Waals surface area (Å²) in [4.78, 5) is 17.0. The van der Waals surface area contributed by atoms with Crippen molar-refractivity contribution in [1.82, 2.24) is 9.80 Å². The molecule has 1 atom stereocenters. The quantitative estimate of drug-likeness (QED) is 0.819. The van der Waals surface area contributed by atoms with Gasteiger partial charge in [0.2, 0.25) is 0 Å². The minimum Gasteiger partial charge on any atom is -0.332 e. The smallest absolute Gasteiger partial charge is 0.254 e. The maximum absolute atomic E-state index is 13.8. The van der Waals surface area contributed by atoms with Gasteiger partial charge in [0.15, 0.2) is 0 Å². The summed E-state index contributed by atoms with van der Waals surface area (Å²) < 4.78 is 13.8. The molecule has 3 rings (SSSR count). The lowest BCUT2D eigenvalue weighted by atomic mass is 9.93. The van der Waals surface area contributed by atoms with E-state index in [1.165, 1.54) is 17.7 Å². The van der Waals surface area contributed by atoms with Crippen LogP contribution >= 0.6 is 0 Å². The van der Waals surface area contributed by atoms with Crippen LogP contribution in [0.25, 0.3) is 0 Å². The summed E-state index contributed by atoms with van der Waals surface area (Å²) >= 11 is 0. The van der Waals surface area contributed by atoms with Crippen molar-refractivity contribution in [2.24, 2.45) is 0 Å². The standard InChI is InChI=1S/C22H24FN3O/c1-25(2)15-16-6-8-18(9-7-16)21-5-3-4-10-26(21)22(27)19-11-17(14-24)12-20(23)13-19/h6-9,11-13,21H,3-5,10,15H2,1-2H3. The van der Waals surface area contributed by atoms with Gasteiger partial charge in [-0.1, -0.05) is 24.3 Å². The fraction of sp³-hybridized carbons (Fsp3) is 0.364. The van der Waals surface area contributed by atoms with Gasteiger partial charge in [-0.3, -0.25) is 4.79 Å². The van der Waals surface area contributed by atoms with Crippen LogP contribution in [0.4, 0.5) is 4.39 Å². The molecule has 1 aliphatic heterocycles. The van der Waals surface area contributed by atoms with Crippen molar-refractivity contribution in [2.75, 3.05) is 20.6 Å². The highest BCUT2D eigenvalue weighted by atomic mass is 19.1. The molecule has 0 saturated carbocycles. The van der Waals surface area contributed by atoms with Crippen molar-refractivity contribution >= 4 is 5.91 Å². The van der Waals surface area contributed by atoms with Crippen LogP contribution in [0.3, 0.4) is 0 Å². The van der Waals surface area contributed by atoms with Crippen LogP contribution in [0.15, 0.2) is 42.5 Å². The summed E-state index contributed by atoms with van der Waals surface area (Å²) in [6, 6.07) is 14.1. The molecule has 1 aliphatic rings. The fourth-order valence-corrected chi connectivity index (χ4v) is 3.68. The van der Waals surface area contributed by atoms with Gasteiger partial charge in [-0.15, -0.1) is 0 Å². The van der Waals surface area contributed by atoms with Crippen molar-refractivity contribution in [3.8, 4) is 6.07 Å². The third-order valence-corrected chi connectivity index (χ3v) is 4.90. The number of amides is 1. The number of benzene rings is 2. The predicted molar refractivity (Wildman–Crippen MR) is 103 cm³/mol. The Morgan fingerprint density at radius 1 is 1.22 bits per heavy atom. The van der Waals surface area contributed by atoms with Gasteiger partial charge >= 0.3 is 0 Å². The van der Waals surface area contributed by atoms with E-state index in [0.717, 1.165) is 37.4 Å². The highest BCUT2D eigenvalue weighted by Gasteiger charge is 2.29. The topological polar surface area (TPSA) is 47.3 Å². The molecule has 2 aromatic carbocycles. The first-order chi connectivity index (χ1) is 13.0. The monoisotopic (exact) mass is 365 g/mol. The number of carbonyl (C=O) groups is 1. The van der Waals surface area contributed by atoms with Gasteiger partial charge in [0.05, 0.1) is 17.7 Å². The summed E-state index contributed by atoms with van der Waals surface area (Å²) in [5, 5.41) is 9.05. The molecule has 5 heteroatoms. The van der Waals surface area contributed by atoms with Gasteiger partial charge in [0.25, 0.3) is 5.91 Å². The molecule has 0 bridgehead atoms. The van der Waals surface area contributed by atoms with E-state index >= 15 is 0 Å². The van der Waals surface area contributed by atoms with Crippen LogP contribution in [-0.2, 0) is 6.54 Å². The first-order valence-electron chi connectivity index (χ1n) is 9.23. The molecule has 4 nitrogen and oxygen atoms in total. The van der Waals surface area contributed by atoms with E-state index < -0.39 is 5.82 Å². The van der Waals surface area contributed by atoms with Crippen LogP contribution in [0.2, 0.25) is 0 Å². The summed E-state index contributed by atoms with van der Waals surface area (Å²) in [5.41, 5.74) is 2.73. The van der Waals surface area contributed by atoms with Crippen molar-refractivity contribution in [3.63, 3.8) is 0 Å². The number of rotatable bonds is 4. The average molecular weight is 365 g/mol. The normalized spacial score (nSPS) is 17.0. The number of carbonyl (C=O) groups excluding carboxylic acids is 1. The summed E-state index contributed by atoms with van der Waals surface area (Å²) in [6.07, 6.45) is 2.88. The van der Waals surface area contributed by atoms with Crippen LogP contribution in [0, 0.1) is 17.1 Å². The molecule has 0 radical (unpaired) electrons. The summed E-state index contributed by atoms with van der Waals surface area (Å²) in [5.74, 6) is -0.771. The third kappa shape index (κ3) is 4.53. The second-order valence-electron chi connectivity index (χ2n) is 7.33. The lowest BCUT2D eigenvalue weighted by Crippen LogP contribution is -2.38. The Morgan fingerprint density at radius 2 is 1.96 bits per heavy atom. The number of piperidine rings is 1. The molecule has 0 N–H and O–H groups in total. The van der Waals surface area contributed by atoms with Gasteiger partial charge in [-0.25, -0.2) is 4.39 Å². The van der Waals surface area contributed by atoms with Gasteiger partial charge in [0.1, 0.15) is 5.82 Å². The molecule has 0 aliphatic carbocycles. The highest BCUT2D eigenvalue weighted by molar-refractivity contribution is 5.95. The largest absolute Gasteiger partial charge is 0.332 e. The molecule has 1 saturated heterocycles. The number of hydrogen-bond acceptors (Lipinski definition) is 3. The first-order valence-corrected chi connectivity index (χ1v) is 9.23. The second-order valence-corrected chi connectivity index (χ2v) is 7.33. The van der Waals surface area contributed by atoms with Crippen molar-refractivity contribution < 1.29 is 9.18 Å². The zero-order valence-corrected chi connectivity index (χ0v) is 15.8. The van der Waals surface area contributed by atoms with E-state index in [1.807, 2.05) is 25.1 Å². The zero-order chi connectivity index (χ0) is 19.4. The Bertz CT molecular complexity index is 855. The van der Waals surface area contributed by atoms with Gasteiger partial charge < -0.3 is 9.80 Å². The number of nitrogens with zero attached hydrogens (tertiary/aromatic N) is 3. The van der Waals surface area contributed by atoms with E-state index in [0.29, 0.717) is 6.54 Å². The highest BCUT2D eigenvalue weighted by Crippen LogP contribution is 2.32. The maximum Gasteiger partial charge on any atom is 0.254 e. The lowest BCUT2D eigenvalue weighted by molar-refractivity contribution is 0.0611. The van der Waals surface area contributed by atoms with Gasteiger partial charge in [-0.05, 0) is 62.7 Å². The second kappa shape index (κ2) is 8.32. The number of nitriles is 1. The minimum absolute atomic E-state index is 0.0199. The van der Waals surface area contributed by atoms with E-state index in [1.54, 1.807) is 0 Å². The van der Waals surface area contributed by atoms with E-state index in [9.17, 15) is 9.18 Å². The average Bonchev–Trinajstić information content (AvgIpc) is 2.67. The molecule has 1 fully saturated rings. The van der Waals surface area contributed by atoms with E-state index in [2.05, 4.69) is 29.2 Å². The fourth-order valence-electron chi connectivity index (χ4n) is 3.68. The molecule has 2 aromatic rings. The maximum atomic E-state index is 13.8. The van der Waals surface area contributed by atoms with E-state index in [4.69, 9.17) is 5.26 Å². The molecule has 27 heavy (non-hydrogen) atoms. The first kappa shape index (κ1) is 19.1. The lowest BCUT2D eigenvalue weighted by Gasteiger charge is -2.36. The predicted octanol–water partition coefficient (Wildman–Crippen LogP) is 4.13. The summed E-state index contributed by atoms with van der Waals surface area (Å²) in [6.45, 7) is 1.51. The Kier molecular flexibility index (Phi) is 5.88. The van der Waals surface area contributed by atoms with Crippen LogP contribution in [-0.4, -0.2) is 36.3 Å². The SMILES string of the molecule is CN(C)Cc1ccc(C2CCCCN2C(=O)c2cc(F)cc(C#N)c2)cc1. The molecule has 140 valence electrons. The van der Waals surface area contributed by atoms with Gasteiger partial charge in [0, 0.05) is 18.7 Å². The number of hydrogen-bond donors (Lipinski definition) is 0. The molecule has 0 aromatic heterocycles. The Balaban J connectivity index is 1.86. The van der Waals surface area contributed by atoms with Crippen molar-refractivity contribution in [3.05, 3.63) is 70.5 Å². The van der Waals surface area contributed by atoms with Crippen LogP contribution in [0.1, 0.15) is 52.4 Å². The molecule has 1 heterocycles. The van der Waals surface area contributed by atoms with Crippen LogP contribution in [0.5, 0.6) is 0 Å². The van der Waals surface area contributed by atoms with Crippen LogP contribution < -0.4 is 0 Å². The third-order valence-electron chi connectivity index (χ3n) is 4.90. The Morgan fingerprint density at radius 3 is 2.63 bits per heavy atom. The Hall–Kier alpha value is -2.71. The zero-order valence-electron chi connectivity index (χ0n) is 15.8. The number of likely N-dealkylation sites (tertiary alicyclic amines) is 1. The minimum atomic E-state index is -0.556. The molecule has 1 amide bonds. The molecule has 0 spiro atoms. The Labute approximate surface area is 159 Å². The van der Waals surface area contributed by atoms with Crippen molar-refractivity contribution in [2.45, 2.75) is 31.8 Å². The molecule has 1 unspecified atom stereocenters. The van der Waals surface area contributed by atoms with E-state index in [-0.39, 0.29) is 23.1 Å². The molecular formula is C22H24FN3O. The number of halogens is 1. The summed E-state index contributed by atoms with van der Waals surface area (Å²) in [7, 11) is 4.06. The van der Waals surface area contributed by atoms with Crippen molar-refractivity contribution in [1.29, 1.82) is 5.26 Å².